The number of aliphatic imine (C=N–C) groups is 1. The number of piperidine rings is 1. The Bertz CT molecular complexity index is 970. The number of guanidine groups is 1. The van der Waals surface area contributed by atoms with Gasteiger partial charge in [0, 0.05) is 7.05 Å². The normalized spacial score (nSPS) is 23.1. The molecular formula is C24H26N4O. The van der Waals surface area contributed by atoms with Crippen molar-refractivity contribution < 1.29 is 4.79 Å². The molecule has 0 bridgehead atoms. The minimum absolute atomic E-state index is 0.0457. The van der Waals surface area contributed by atoms with Crippen LogP contribution in [-0.4, -0.2) is 48.3 Å². The summed E-state index contributed by atoms with van der Waals surface area (Å²) in [5, 5.41) is 0. The fourth-order valence-corrected chi connectivity index (χ4v) is 4.56. The van der Waals surface area contributed by atoms with E-state index in [9.17, 15) is 4.79 Å². The molecule has 2 aromatic carbocycles. The number of carbonyl (C=O) groups is 1. The van der Waals surface area contributed by atoms with Crippen molar-refractivity contribution >= 4 is 11.9 Å². The Hall–Kier alpha value is -3.10. The van der Waals surface area contributed by atoms with Crippen LogP contribution in [0.25, 0.3) is 11.1 Å². The second-order valence-corrected chi connectivity index (χ2v) is 7.80. The van der Waals surface area contributed by atoms with Crippen molar-refractivity contribution in [2.24, 2.45) is 16.6 Å². The first kappa shape index (κ1) is 19.2. The zero-order valence-electron chi connectivity index (χ0n) is 16.7. The lowest BCUT2D eigenvalue weighted by molar-refractivity contribution is -0.133. The predicted octanol–water partition coefficient (Wildman–Crippen LogP) is 2.68. The SMILES string of the molecule is C#CCN1CCC(C2(c3cccc(-c4ccccc4)c3)N=C(N)N(C)C2=O)CC1. The van der Waals surface area contributed by atoms with Gasteiger partial charge in [0.1, 0.15) is 0 Å². The Balaban J connectivity index is 1.76. The number of likely N-dealkylation sites (N-methyl/N-ethyl adjacent to an activating group) is 1. The number of terminal acetylenes is 1. The van der Waals surface area contributed by atoms with E-state index < -0.39 is 5.54 Å². The van der Waals surface area contributed by atoms with E-state index in [0.29, 0.717) is 6.54 Å². The van der Waals surface area contributed by atoms with Crippen LogP contribution in [0, 0.1) is 18.3 Å². The quantitative estimate of drug-likeness (QED) is 0.822. The first-order valence-corrected chi connectivity index (χ1v) is 10.0. The Morgan fingerprint density at radius 2 is 1.83 bits per heavy atom. The van der Waals surface area contributed by atoms with E-state index in [1.54, 1.807) is 7.05 Å². The van der Waals surface area contributed by atoms with Crippen LogP contribution in [-0.2, 0) is 10.3 Å². The zero-order valence-corrected chi connectivity index (χ0v) is 16.7. The number of nitrogens with two attached hydrogens (primary N) is 1. The maximum absolute atomic E-state index is 13.5. The third-order valence-electron chi connectivity index (χ3n) is 6.17. The van der Waals surface area contributed by atoms with Crippen LogP contribution in [0.1, 0.15) is 18.4 Å². The molecule has 2 aliphatic heterocycles. The van der Waals surface area contributed by atoms with E-state index in [1.807, 2.05) is 30.3 Å². The van der Waals surface area contributed by atoms with Crippen molar-refractivity contribution in [2.75, 3.05) is 26.7 Å². The standard InChI is InChI=1S/C24H26N4O/c1-3-14-28-15-12-20(13-16-28)24(22(29)27(2)23(25)26-24)21-11-7-10-19(17-21)18-8-5-4-6-9-18/h1,4-11,17,20H,12-16H2,2H3,(H2,25,26). The van der Waals surface area contributed by atoms with Gasteiger partial charge in [0.15, 0.2) is 11.5 Å². The van der Waals surface area contributed by atoms with Gasteiger partial charge in [0.25, 0.3) is 5.91 Å². The number of hydrogen-bond donors (Lipinski definition) is 1. The summed E-state index contributed by atoms with van der Waals surface area (Å²) in [6, 6.07) is 18.4. The first-order chi connectivity index (χ1) is 14.1. The van der Waals surface area contributed by atoms with Crippen LogP contribution in [0.3, 0.4) is 0 Å². The third kappa shape index (κ3) is 3.30. The second-order valence-electron chi connectivity index (χ2n) is 7.80. The molecule has 2 aliphatic rings. The van der Waals surface area contributed by atoms with Gasteiger partial charge >= 0.3 is 0 Å². The summed E-state index contributed by atoms with van der Waals surface area (Å²) in [6.07, 6.45) is 7.18. The number of hydrogen-bond acceptors (Lipinski definition) is 4. The molecule has 0 saturated carbocycles. The topological polar surface area (TPSA) is 61.9 Å². The Morgan fingerprint density at radius 3 is 2.45 bits per heavy atom. The molecule has 148 valence electrons. The number of carbonyl (C=O) groups excluding carboxylic acids is 1. The van der Waals surface area contributed by atoms with Gasteiger partial charge in [-0.05, 0) is 54.6 Å². The molecule has 2 heterocycles. The molecule has 1 saturated heterocycles. The highest BCUT2D eigenvalue weighted by Crippen LogP contribution is 2.44. The summed E-state index contributed by atoms with van der Waals surface area (Å²) >= 11 is 0. The Labute approximate surface area is 172 Å². The van der Waals surface area contributed by atoms with Crippen LogP contribution >= 0.6 is 0 Å². The monoisotopic (exact) mass is 386 g/mol. The van der Waals surface area contributed by atoms with Gasteiger partial charge in [-0.15, -0.1) is 6.42 Å². The van der Waals surface area contributed by atoms with Gasteiger partial charge in [-0.25, -0.2) is 4.99 Å². The summed E-state index contributed by atoms with van der Waals surface area (Å²) in [5.74, 6) is 3.03. The van der Waals surface area contributed by atoms with Crippen LogP contribution in [0.15, 0.2) is 59.6 Å². The average Bonchev–Trinajstić information content (AvgIpc) is 3.00. The largest absolute Gasteiger partial charge is 0.369 e. The molecule has 1 atom stereocenters. The summed E-state index contributed by atoms with van der Waals surface area (Å²) in [6.45, 7) is 2.37. The van der Waals surface area contributed by atoms with E-state index in [1.165, 1.54) is 4.90 Å². The predicted molar refractivity (Wildman–Crippen MR) is 116 cm³/mol. The van der Waals surface area contributed by atoms with Gasteiger partial charge < -0.3 is 5.73 Å². The van der Waals surface area contributed by atoms with Crippen LogP contribution in [0.2, 0.25) is 0 Å². The van der Waals surface area contributed by atoms with Crippen molar-refractivity contribution in [1.29, 1.82) is 0 Å². The number of amides is 1. The average molecular weight is 386 g/mol. The molecule has 0 radical (unpaired) electrons. The molecule has 1 unspecified atom stereocenters. The number of nitrogens with zero attached hydrogens (tertiary/aromatic N) is 3. The molecule has 2 aromatic rings. The lowest BCUT2D eigenvalue weighted by atomic mass is 9.72. The maximum atomic E-state index is 13.5. The van der Waals surface area contributed by atoms with E-state index in [-0.39, 0.29) is 17.8 Å². The van der Waals surface area contributed by atoms with E-state index in [4.69, 9.17) is 17.1 Å². The fourth-order valence-electron chi connectivity index (χ4n) is 4.56. The zero-order chi connectivity index (χ0) is 20.4. The molecule has 5 heteroatoms. The Kier molecular flexibility index (Phi) is 5.12. The van der Waals surface area contributed by atoms with E-state index in [0.717, 1.165) is 42.6 Å². The summed E-state index contributed by atoms with van der Waals surface area (Å²) in [7, 11) is 1.71. The lowest BCUT2D eigenvalue weighted by Crippen LogP contribution is -2.48. The summed E-state index contributed by atoms with van der Waals surface area (Å²) in [4.78, 5) is 22.0. The molecule has 0 aliphatic carbocycles. The second kappa shape index (κ2) is 7.73. The van der Waals surface area contributed by atoms with Gasteiger partial charge in [0.2, 0.25) is 0 Å². The van der Waals surface area contributed by atoms with Crippen molar-refractivity contribution in [3.8, 4) is 23.5 Å². The van der Waals surface area contributed by atoms with Crippen molar-refractivity contribution in [2.45, 2.75) is 18.4 Å². The molecule has 2 N–H and O–H groups in total. The molecular weight excluding hydrogens is 360 g/mol. The Morgan fingerprint density at radius 1 is 1.14 bits per heavy atom. The number of benzene rings is 2. The molecule has 1 fully saturated rings. The molecule has 29 heavy (non-hydrogen) atoms. The van der Waals surface area contributed by atoms with Crippen molar-refractivity contribution in [3.63, 3.8) is 0 Å². The fraction of sp³-hybridized carbons (Fsp3) is 0.333. The molecule has 4 rings (SSSR count). The molecule has 0 spiro atoms. The maximum Gasteiger partial charge on any atom is 0.261 e. The molecule has 5 nitrogen and oxygen atoms in total. The van der Waals surface area contributed by atoms with Crippen LogP contribution < -0.4 is 5.73 Å². The smallest absolute Gasteiger partial charge is 0.261 e. The minimum Gasteiger partial charge on any atom is -0.369 e. The third-order valence-corrected chi connectivity index (χ3v) is 6.17. The number of rotatable bonds is 4. The highest BCUT2D eigenvalue weighted by atomic mass is 16.2. The first-order valence-electron chi connectivity index (χ1n) is 10.0. The van der Waals surface area contributed by atoms with Gasteiger partial charge in [0.05, 0.1) is 6.54 Å². The van der Waals surface area contributed by atoms with E-state index >= 15 is 0 Å². The van der Waals surface area contributed by atoms with Crippen molar-refractivity contribution in [1.82, 2.24) is 9.80 Å². The van der Waals surface area contributed by atoms with Crippen molar-refractivity contribution in [3.05, 3.63) is 60.2 Å². The summed E-state index contributed by atoms with van der Waals surface area (Å²) < 4.78 is 0. The highest BCUT2D eigenvalue weighted by Gasteiger charge is 2.53. The highest BCUT2D eigenvalue weighted by molar-refractivity contribution is 6.07. The molecule has 0 aromatic heterocycles. The molecule has 1 amide bonds. The van der Waals surface area contributed by atoms with Gasteiger partial charge in [-0.2, -0.15) is 0 Å². The van der Waals surface area contributed by atoms with Gasteiger partial charge in [-0.3, -0.25) is 14.6 Å². The summed E-state index contributed by atoms with van der Waals surface area (Å²) in [5.41, 5.74) is 8.26. The van der Waals surface area contributed by atoms with Gasteiger partial charge in [-0.1, -0.05) is 54.5 Å². The lowest BCUT2D eigenvalue weighted by Gasteiger charge is -2.39. The van der Waals surface area contributed by atoms with E-state index in [2.05, 4.69) is 35.1 Å². The van der Waals surface area contributed by atoms with Crippen LogP contribution in [0.4, 0.5) is 0 Å². The minimum atomic E-state index is -0.966. The van der Waals surface area contributed by atoms with Crippen LogP contribution in [0.5, 0.6) is 0 Å². The number of likely N-dealkylation sites (tertiary alicyclic amines) is 1.